The van der Waals surface area contributed by atoms with Crippen molar-refractivity contribution in [3.05, 3.63) is 30.4 Å². The molecule has 0 bridgehead atoms. The van der Waals surface area contributed by atoms with Crippen molar-refractivity contribution in [1.82, 2.24) is 20.4 Å². The fourth-order valence-electron chi connectivity index (χ4n) is 2.55. The summed E-state index contributed by atoms with van der Waals surface area (Å²) >= 11 is 0. The second-order valence-electron chi connectivity index (χ2n) is 5.86. The van der Waals surface area contributed by atoms with Gasteiger partial charge in [0.1, 0.15) is 6.61 Å². The van der Waals surface area contributed by atoms with Crippen LogP contribution in [0, 0.1) is 0 Å². The molecule has 1 aliphatic rings. The third-order valence-corrected chi connectivity index (χ3v) is 3.86. The number of ether oxygens (including phenoxy) is 2. The van der Waals surface area contributed by atoms with Crippen LogP contribution in [0.2, 0.25) is 0 Å². The van der Waals surface area contributed by atoms with Gasteiger partial charge in [-0.25, -0.2) is 0 Å². The lowest BCUT2D eigenvalue weighted by Gasteiger charge is -2.22. The van der Waals surface area contributed by atoms with E-state index in [0.29, 0.717) is 31.3 Å². The zero-order valence-corrected chi connectivity index (χ0v) is 14.0. The molecule has 1 N–H and O–H groups in total. The molecule has 134 valence electrons. The van der Waals surface area contributed by atoms with Crippen LogP contribution >= 0.6 is 0 Å². The van der Waals surface area contributed by atoms with Gasteiger partial charge in [0.2, 0.25) is 17.6 Å². The number of hydrogen-bond acceptors (Lipinski definition) is 7. The van der Waals surface area contributed by atoms with Crippen molar-refractivity contribution in [2.45, 2.75) is 31.8 Å². The summed E-state index contributed by atoms with van der Waals surface area (Å²) in [5, 5.41) is 6.68. The quantitative estimate of drug-likeness (QED) is 0.770. The maximum atomic E-state index is 11.7. The molecule has 0 aromatic carbocycles. The van der Waals surface area contributed by atoms with Crippen molar-refractivity contribution in [3.8, 4) is 11.4 Å². The molecule has 0 radical (unpaired) electrons. The molecule has 8 nitrogen and oxygen atoms in total. The van der Waals surface area contributed by atoms with Crippen molar-refractivity contribution < 1.29 is 18.8 Å². The Balaban J connectivity index is 1.32. The van der Waals surface area contributed by atoms with Crippen LogP contribution in [0.5, 0.6) is 0 Å². The average Bonchev–Trinajstić information content (AvgIpc) is 3.12. The number of hydrogen-bond donors (Lipinski definition) is 1. The molecule has 3 heterocycles. The Hall–Kier alpha value is -2.32. The molecule has 1 unspecified atom stereocenters. The van der Waals surface area contributed by atoms with Crippen LogP contribution in [0.1, 0.15) is 25.2 Å². The molecule has 1 amide bonds. The highest BCUT2D eigenvalue weighted by molar-refractivity contribution is 5.77. The number of rotatable bonds is 8. The van der Waals surface area contributed by atoms with Crippen molar-refractivity contribution in [3.63, 3.8) is 0 Å². The van der Waals surface area contributed by atoms with Crippen LogP contribution in [-0.2, 0) is 20.7 Å². The summed E-state index contributed by atoms with van der Waals surface area (Å²) in [5.74, 6) is 0.795. The summed E-state index contributed by atoms with van der Waals surface area (Å²) in [5.41, 5.74) is 0.792. The number of amides is 1. The maximum absolute atomic E-state index is 11.7. The van der Waals surface area contributed by atoms with Gasteiger partial charge in [-0.2, -0.15) is 4.98 Å². The minimum atomic E-state index is -0.164. The van der Waals surface area contributed by atoms with E-state index < -0.39 is 0 Å². The molecule has 1 aliphatic heterocycles. The zero-order valence-electron chi connectivity index (χ0n) is 14.0. The number of pyridine rings is 1. The first-order valence-electron chi connectivity index (χ1n) is 8.50. The molecule has 0 saturated carbocycles. The highest BCUT2D eigenvalue weighted by Gasteiger charge is 2.14. The van der Waals surface area contributed by atoms with Gasteiger partial charge in [0.05, 0.1) is 12.7 Å². The van der Waals surface area contributed by atoms with Crippen molar-refractivity contribution in [1.29, 1.82) is 0 Å². The largest absolute Gasteiger partial charge is 0.376 e. The second-order valence-corrected chi connectivity index (χ2v) is 5.86. The molecule has 1 saturated heterocycles. The summed E-state index contributed by atoms with van der Waals surface area (Å²) < 4.78 is 16.1. The Labute approximate surface area is 145 Å². The summed E-state index contributed by atoms with van der Waals surface area (Å²) in [6.45, 7) is 1.69. The molecule has 0 spiro atoms. The van der Waals surface area contributed by atoms with Gasteiger partial charge in [0.25, 0.3) is 0 Å². The van der Waals surface area contributed by atoms with Crippen LogP contribution in [0.15, 0.2) is 29.0 Å². The first kappa shape index (κ1) is 17.5. The van der Waals surface area contributed by atoms with E-state index in [2.05, 4.69) is 20.4 Å². The Kier molecular flexibility index (Phi) is 6.47. The van der Waals surface area contributed by atoms with Gasteiger partial charge in [0.15, 0.2) is 0 Å². The topological polar surface area (TPSA) is 99.4 Å². The lowest BCUT2D eigenvalue weighted by Crippen LogP contribution is -2.32. The lowest BCUT2D eigenvalue weighted by molar-refractivity contribution is -0.127. The third kappa shape index (κ3) is 5.61. The van der Waals surface area contributed by atoms with E-state index in [9.17, 15) is 4.79 Å². The number of carbonyl (C=O) groups is 1. The normalized spacial score (nSPS) is 17.4. The summed E-state index contributed by atoms with van der Waals surface area (Å²) in [4.78, 5) is 20.1. The van der Waals surface area contributed by atoms with Gasteiger partial charge in [-0.15, -0.1) is 0 Å². The molecule has 8 heteroatoms. The Morgan fingerprint density at radius 2 is 2.36 bits per heavy atom. The number of nitrogens with one attached hydrogen (secondary N) is 1. The molecule has 1 fully saturated rings. The number of nitrogens with zero attached hydrogens (tertiary/aromatic N) is 3. The lowest BCUT2D eigenvalue weighted by atomic mass is 10.1. The van der Waals surface area contributed by atoms with Crippen molar-refractivity contribution in [2.24, 2.45) is 0 Å². The molecular formula is C17H22N4O4. The Morgan fingerprint density at radius 3 is 3.16 bits per heavy atom. The van der Waals surface area contributed by atoms with Gasteiger partial charge in [-0.05, 0) is 31.4 Å². The summed E-state index contributed by atoms with van der Waals surface area (Å²) in [7, 11) is 0. The van der Waals surface area contributed by atoms with E-state index >= 15 is 0 Å². The fourth-order valence-corrected chi connectivity index (χ4v) is 2.55. The van der Waals surface area contributed by atoms with Crippen LogP contribution in [0.4, 0.5) is 0 Å². The standard InChI is InChI=1S/C17H22N4O4/c22-15(12-23-11-14-5-1-2-9-24-14)19-8-6-16-20-17(21-25-16)13-4-3-7-18-10-13/h3-4,7,10,14H,1-2,5-6,8-9,11-12H2,(H,19,22). The highest BCUT2D eigenvalue weighted by atomic mass is 16.5. The van der Waals surface area contributed by atoms with E-state index in [-0.39, 0.29) is 18.6 Å². The molecule has 2 aromatic heterocycles. The van der Waals surface area contributed by atoms with E-state index in [1.165, 1.54) is 0 Å². The predicted molar refractivity (Wildman–Crippen MR) is 88.7 cm³/mol. The average molecular weight is 346 g/mol. The second kappa shape index (κ2) is 9.24. The van der Waals surface area contributed by atoms with E-state index in [0.717, 1.165) is 31.4 Å². The Morgan fingerprint density at radius 1 is 1.40 bits per heavy atom. The summed E-state index contributed by atoms with van der Waals surface area (Å²) in [6.07, 6.45) is 7.20. The van der Waals surface area contributed by atoms with Gasteiger partial charge in [-0.1, -0.05) is 5.16 Å². The first-order valence-corrected chi connectivity index (χ1v) is 8.50. The molecule has 3 rings (SSSR count). The minimum Gasteiger partial charge on any atom is -0.376 e. The monoisotopic (exact) mass is 346 g/mol. The first-order chi connectivity index (χ1) is 12.3. The SMILES string of the molecule is O=C(COCC1CCCCO1)NCCc1nc(-c2cccnc2)no1. The zero-order chi connectivity index (χ0) is 17.3. The van der Waals surface area contributed by atoms with Crippen LogP contribution in [0.3, 0.4) is 0 Å². The van der Waals surface area contributed by atoms with E-state index in [1.807, 2.05) is 12.1 Å². The minimum absolute atomic E-state index is 0.0324. The van der Waals surface area contributed by atoms with Crippen molar-refractivity contribution >= 4 is 5.91 Å². The van der Waals surface area contributed by atoms with Gasteiger partial charge < -0.3 is 19.3 Å². The molecule has 25 heavy (non-hydrogen) atoms. The summed E-state index contributed by atoms with van der Waals surface area (Å²) in [6, 6.07) is 3.67. The predicted octanol–water partition coefficient (Wildman–Crippen LogP) is 1.38. The number of aromatic nitrogens is 3. The van der Waals surface area contributed by atoms with Gasteiger partial charge >= 0.3 is 0 Å². The number of carbonyl (C=O) groups excluding carboxylic acids is 1. The third-order valence-electron chi connectivity index (χ3n) is 3.86. The fraction of sp³-hybridized carbons (Fsp3) is 0.529. The van der Waals surface area contributed by atoms with Gasteiger partial charge in [-0.3, -0.25) is 9.78 Å². The van der Waals surface area contributed by atoms with Gasteiger partial charge in [0, 0.05) is 37.5 Å². The van der Waals surface area contributed by atoms with Crippen LogP contribution < -0.4 is 5.32 Å². The van der Waals surface area contributed by atoms with Crippen molar-refractivity contribution in [2.75, 3.05) is 26.4 Å². The molecule has 2 aromatic rings. The molecule has 1 atom stereocenters. The highest BCUT2D eigenvalue weighted by Crippen LogP contribution is 2.14. The van der Waals surface area contributed by atoms with E-state index in [4.69, 9.17) is 14.0 Å². The molecule has 0 aliphatic carbocycles. The van der Waals surface area contributed by atoms with Crippen LogP contribution in [-0.4, -0.2) is 53.5 Å². The molecular weight excluding hydrogens is 324 g/mol. The van der Waals surface area contributed by atoms with Crippen LogP contribution in [0.25, 0.3) is 11.4 Å². The smallest absolute Gasteiger partial charge is 0.246 e. The Bertz CT molecular complexity index is 656. The maximum Gasteiger partial charge on any atom is 0.246 e. The van der Waals surface area contributed by atoms with E-state index in [1.54, 1.807) is 12.4 Å².